The van der Waals surface area contributed by atoms with Crippen LogP contribution in [0.15, 0.2) is 54.6 Å². The average Bonchev–Trinajstić information content (AvgIpc) is 3.03. The van der Waals surface area contributed by atoms with Gasteiger partial charge in [-0.1, -0.05) is 56.3 Å². The number of primary amides is 1. The summed E-state index contributed by atoms with van der Waals surface area (Å²) in [6.45, 7) is 6.07. The summed E-state index contributed by atoms with van der Waals surface area (Å²) in [6, 6.07) is 17.4. The fourth-order valence-electron chi connectivity index (χ4n) is 3.22. The Morgan fingerprint density at radius 2 is 1.71 bits per heavy atom. The van der Waals surface area contributed by atoms with Gasteiger partial charge in [0.2, 0.25) is 0 Å². The maximum Gasteiger partial charge on any atom is 0.257 e. The molecule has 1 aromatic heterocycles. The molecule has 0 bridgehead atoms. The molecule has 160 valence electrons. The lowest BCUT2D eigenvalue weighted by atomic mass is 10.0. The molecule has 2 amide bonds. The lowest BCUT2D eigenvalue weighted by Gasteiger charge is -2.10. The molecule has 0 aliphatic rings. The number of hydrogen-bond acceptors (Lipinski definition) is 4. The minimum absolute atomic E-state index is 0.118. The molecule has 3 rings (SSSR count). The molecule has 0 radical (unpaired) electrons. The van der Waals surface area contributed by atoms with Crippen molar-refractivity contribution in [3.63, 3.8) is 0 Å². The molecule has 0 aliphatic carbocycles. The Morgan fingerprint density at radius 1 is 1.06 bits per heavy atom. The van der Waals surface area contributed by atoms with E-state index in [1.54, 1.807) is 12.1 Å². The number of hydrogen-bond donors (Lipinski definition) is 3. The molecule has 0 saturated heterocycles. The molecule has 0 fully saturated rings. The first-order valence-corrected chi connectivity index (χ1v) is 11.2. The molecule has 5 nitrogen and oxygen atoms in total. The zero-order valence-corrected chi connectivity index (χ0v) is 19.3. The highest BCUT2D eigenvalue weighted by molar-refractivity contribution is 7.80. The van der Waals surface area contributed by atoms with Gasteiger partial charge in [-0.25, -0.2) is 0 Å². The second kappa shape index (κ2) is 9.85. The summed E-state index contributed by atoms with van der Waals surface area (Å²) in [5.41, 5.74) is 9.64. The number of anilines is 1. The number of thiophene rings is 1. The third-order valence-electron chi connectivity index (χ3n) is 4.99. The number of thiocarbonyl (C=S) groups is 1. The Bertz CT molecular complexity index is 1100. The van der Waals surface area contributed by atoms with Gasteiger partial charge in [0.05, 0.1) is 5.56 Å². The van der Waals surface area contributed by atoms with Crippen LogP contribution in [-0.2, 0) is 6.42 Å². The van der Waals surface area contributed by atoms with E-state index in [0.29, 0.717) is 28.5 Å². The maximum atomic E-state index is 12.5. The molecular formula is C24H25N3O2S2. The number of nitrogens with one attached hydrogen (secondary N) is 2. The molecule has 2 aromatic carbocycles. The van der Waals surface area contributed by atoms with E-state index in [4.69, 9.17) is 18.0 Å². The van der Waals surface area contributed by atoms with Gasteiger partial charge in [0.15, 0.2) is 5.11 Å². The van der Waals surface area contributed by atoms with Crippen molar-refractivity contribution in [1.29, 1.82) is 0 Å². The minimum atomic E-state index is -0.533. The molecule has 31 heavy (non-hydrogen) atoms. The zero-order chi connectivity index (χ0) is 22.5. The van der Waals surface area contributed by atoms with Crippen LogP contribution in [0.2, 0.25) is 0 Å². The van der Waals surface area contributed by atoms with E-state index in [9.17, 15) is 9.59 Å². The van der Waals surface area contributed by atoms with Crippen molar-refractivity contribution in [2.45, 2.75) is 33.1 Å². The summed E-state index contributed by atoms with van der Waals surface area (Å²) in [6.07, 6.45) is 0.681. The number of carbonyl (C=O) groups is 2. The predicted molar refractivity (Wildman–Crippen MR) is 131 cm³/mol. The molecule has 0 unspecified atom stereocenters. The first-order chi connectivity index (χ1) is 14.8. The van der Waals surface area contributed by atoms with E-state index >= 15 is 0 Å². The SMILES string of the molecule is Cc1c(Cc2ccccc2)sc(NC(=S)NC(=O)c2ccc(C(C)C)cc2)c1C(N)=O. The molecule has 3 aromatic rings. The molecule has 0 spiro atoms. The van der Waals surface area contributed by atoms with Gasteiger partial charge >= 0.3 is 0 Å². The van der Waals surface area contributed by atoms with Crippen LogP contribution in [0, 0.1) is 6.92 Å². The first kappa shape index (κ1) is 22.7. The fourth-order valence-corrected chi connectivity index (χ4v) is 4.73. The summed E-state index contributed by atoms with van der Waals surface area (Å²) in [4.78, 5) is 25.6. The summed E-state index contributed by atoms with van der Waals surface area (Å²) in [5, 5.41) is 6.32. The number of amides is 2. The monoisotopic (exact) mass is 451 g/mol. The maximum absolute atomic E-state index is 12.5. The van der Waals surface area contributed by atoms with Crippen LogP contribution in [0.5, 0.6) is 0 Å². The Kier molecular flexibility index (Phi) is 7.20. The molecular weight excluding hydrogens is 426 g/mol. The Balaban J connectivity index is 1.74. The fraction of sp³-hybridized carbons (Fsp3) is 0.208. The van der Waals surface area contributed by atoms with Crippen LogP contribution in [0.4, 0.5) is 5.00 Å². The third-order valence-corrected chi connectivity index (χ3v) is 6.40. The van der Waals surface area contributed by atoms with Gasteiger partial charge in [-0.05, 0) is 53.9 Å². The second-order valence-electron chi connectivity index (χ2n) is 7.57. The van der Waals surface area contributed by atoms with E-state index in [1.807, 2.05) is 49.4 Å². The quantitative estimate of drug-likeness (QED) is 0.461. The van der Waals surface area contributed by atoms with Gasteiger partial charge in [0.25, 0.3) is 11.8 Å². The van der Waals surface area contributed by atoms with E-state index in [2.05, 4.69) is 24.5 Å². The predicted octanol–water partition coefficient (Wildman–Crippen LogP) is 5.00. The third kappa shape index (κ3) is 5.57. The Hall–Kier alpha value is -3.03. The van der Waals surface area contributed by atoms with Crippen LogP contribution in [0.3, 0.4) is 0 Å². The summed E-state index contributed by atoms with van der Waals surface area (Å²) in [5.74, 6) is -0.459. The van der Waals surface area contributed by atoms with Gasteiger partial charge < -0.3 is 11.1 Å². The van der Waals surface area contributed by atoms with Crippen molar-refractivity contribution in [3.8, 4) is 0 Å². The van der Waals surface area contributed by atoms with E-state index < -0.39 is 5.91 Å². The van der Waals surface area contributed by atoms with Gasteiger partial charge in [0.1, 0.15) is 5.00 Å². The molecule has 0 saturated carbocycles. The van der Waals surface area contributed by atoms with Crippen LogP contribution in [0.1, 0.15) is 62.0 Å². The van der Waals surface area contributed by atoms with Crippen molar-refractivity contribution in [2.24, 2.45) is 5.73 Å². The smallest absolute Gasteiger partial charge is 0.257 e. The Labute approximate surface area is 191 Å². The number of benzene rings is 2. The van der Waals surface area contributed by atoms with Crippen molar-refractivity contribution in [2.75, 3.05) is 5.32 Å². The highest BCUT2D eigenvalue weighted by Crippen LogP contribution is 2.34. The lowest BCUT2D eigenvalue weighted by molar-refractivity contribution is 0.0975. The van der Waals surface area contributed by atoms with Crippen LogP contribution in [-0.4, -0.2) is 16.9 Å². The molecule has 0 atom stereocenters. The molecule has 4 N–H and O–H groups in total. The summed E-state index contributed by atoms with van der Waals surface area (Å²) < 4.78 is 0. The van der Waals surface area contributed by atoms with Gasteiger partial charge in [-0.3, -0.25) is 14.9 Å². The first-order valence-electron chi connectivity index (χ1n) is 9.94. The van der Waals surface area contributed by atoms with Crippen LogP contribution in [0.25, 0.3) is 0 Å². The van der Waals surface area contributed by atoms with Crippen molar-refractivity contribution < 1.29 is 9.59 Å². The summed E-state index contributed by atoms with van der Waals surface area (Å²) >= 11 is 6.73. The number of nitrogens with two attached hydrogens (primary N) is 1. The second-order valence-corrected chi connectivity index (χ2v) is 9.08. The number of carbonyl (C=O) groups excluding carboxylic acids is 2. The normalized spacial score (nSPS) is 10.7. The van der Waals surface area contributed by atoms with Gasteiger partial charge in [-0.2, -0.15) is 0 Å². The van der Waals surface area contributed by atoms with Crippen molar-refractivity contribution >= 4 is 45.5 Å². The van der Waals surface area contributed by atoms with Crippen LogP contribution >= 0.6 is 23.6 Å². The highest BCUT2D eigenvalue weighted by atomic mass is 32.1. The number of rotatable bonds is 6. The van der Waals surface area contributed by atoms with Crippen molar-refractivity contribution in [3.05, 3.63) is 87.3 Å². The summed E-state index contributed by atoms with van der Waals surface area (Å²) in [7, 11) is 0. The minimum Gasteiger partial charge on any atom is -0.365 e. The lowest BCUT2D eigenvalue weighted by Crippen LogP contribution is -2.34. The topological polar surface area (TPSA) is 84.2 Å². The van der Waals surface area contributed by atoms with Crippen molar-refractivity contribution in [1.82, 2.24) is 5.32 Å². The standard InChI is InChI=1S/C24H25N3O2S2/c1-14(2)17-9-11-18(12-10-17)22(29)26-24(30)27-23-20(21(25)28)15(3)19(31-23)13-16-7-5-4-6-8-16/h4-12,14H,13H2,1-3H3,(H2,25,28)(H2,26,27,29,30). The zero-order valence-electron chi connectivity index (χ0n) is 17.7. The molecule has 0 aliphatic heterocycles. The largest absolute Gasteiger partial charge is 0.365 e. The van der Waals surface area contributed by atoms with E-state index in [1.165, 1.54) is 11.3 Å². The average molecular weight is 452 g/mol. The molecule has 7 heteroatoms. The van der Waals surface area contributed by atoms with E-state index in [0.717, 1.165) is 21.6 Å². The van der Waals surface area contributed by atoms with Gasteiger partial charge in [-0.15, -0.1) is 11.3 Å². The van der Waals surface area contributed by atoms with Gasteiger partial charge in [0, 0.05) is 16.9 Å². The van der Waals surface area contributed by atoms with E-state index in [-0.39, 0.29) is 11.0 Å². The Morgan fingerprint density at radius 3 is 2.29 bits per heavy atom. The molecule has 1 heterocycles. The highest BCUT2D eigenvalue weighted by Gasteiger charge is 2.21. The van der Waals surface area contributed by atoms with Crippen LogP contribution < -0.4 is 16.4 Å².